The first-order chi connectivity index (χ1) is 13.4. The Morgan fingerprint density at radius 3 is 2.54 bits per heavy atom. The molecule has 0 radical (unpaired) electrons. The minimum atomic E-state index is -0.385. The van der Waals surface area contributed by atoms with Gasteiger partial charge < -0.3 is 4.90 Å². The zero-order chi connectivity index (χ0) is 20.3. The summed E-state index contributed by atoms with van der Waals surface area (Å²) in [6.45, 7) is 1.65. The molecule has 1 heterocycles. The average Bonchev–Trinajstić information content (AvgIpc) is 3.13. The van der Waals surface area contributed by atoms with Crippen molar-refractivity contribution in [2.24, 2.45) is 5.10 Å². The second-order valence-corrected chi connectivity index (χ2v) is 7.08. The number of hydrazone groups is 1. The molecular formula is C21H21ClFN3O2. The van der Waals surface area contributed by atoms with Crippen LogP contribution in [0.25, 0.3) is 0 Å². The molecule has 0 fully saturated rings. The van der Waals surface area contributed by atoms with Crippen LogP contribution in [0.1, 0.15) is 36.9 Å². The van der Waals surface area contributed by atoms with E-state index in [1.807, 2.05) is 12.1 Å². The minimum Gasteiger partial charge on any atom is -0.336 e. The molecular weight excluding hydrogens is 381 g/mol. The highest BCUT2D eigenvalue weighted by Gasteiger charge is 2.34. The molecule has 0 bridgehead atoms. The Morgan fingerprint density at radius 2 is 1.89 bits per heavy atom. The molecule has 0 N–H and O–H groups in total. The topological polar surface area (TPSA) is 53.0 Å². The van der Waals surface area contributed by atoms with E-state index in [9.17, 15) is 14.0 Å². The standard InChI is InChI=1S/C21H21ClFN3O2/c1-3-20(27)25(2)13-21(28)26-19(14-8-10-15(22)11-9-14)12-18(24-26)16-6-4-5-7-17(16)23/h4-11,19H,3,12-13H2,1-2H3/t19-/m0/s1. The van der Waals surface area contributed by atoms with Gasteiger partial charge in [-0.2, -0.15) is 5.10 Å². The summed E-state index contributed by atoms with van der Waals surface area (Å²) in [6, 6.07) is 13.1. The van der Waals surface area contributed by atoms with Crippen molar-refractivity contribution in [3.05, 3.63) is 70.5 Å². The Balaban J connectivity index is 1.92. The van der Waals surface area contributed by atoms with Gasteiger partial charge in [-0.1, -0.05) is 48.9 Å². The number of nitrogens with zero attached hydrogens (tertiary/aromatic N) is 3. The second kappa shape index (κ2) is 8.52. The van der Waals surface area contributed by atoms with Gasteiger partial charge in [-0.3, -0.25) is 9.59 Å². The van der Waals surface area contributed by atoms with Crippen molar-refractivity contribution in [2.75, 3.05) is 13.6 Å². The predicted molar refractivity (Wildman–Crippen MR) is 107 cm³/mol. The van der Waals surface area contributed by atoms with Gasteiger partial charge in [0.25, 0.3) is 5.91 Å². The average molecular weight is 402 g/mol. The number of halogens is 2. The van der Waals surface area contributed by atoms with Crippen molar-refractivity contribution < 1.29 is 14.0 Å². The van der Waals surface area contributed by atoms with Gasteiger partial charge in [0.2, 0.25) is 5.91 Å². The molecule has 28 heavy (non-hydrogen) atoms. The highest BCUT2D eigenvalue weighted by atomic mass is 35.5. The van der Waals surface area contributed by atoms with E-state index in [0.717, 1.165) is 5.56 Å². The number of amides is 2. The number of carbonyl (C=O) groups is 2. The summed E-state index contributed by atoms with van der Waals surface area (Å²) in [6.07, 6.45) is 0.688. The van der Waals surface area contributed by atoms with Crippen LogP contribution in [-0.2, 0) is 9.59 Å². The molecule has 0 aromatic heterocycles. The highest BCUT2D eigenvalue weighted by Crippen LogP contribution is 2.34. The molecule has 2 aromatic rings. The number of likely N-dealkylation sites (N-methyl/N-ethyl adjacent to an activating group) is 1. The molecule has 0 saturated heterocycles. The fraction of sp³-hybridized carbons (Fsp3) is 0.286. The van der Waals surface area contributed by atoms with E-state index in [0.29, 0.717) is 29.1 Å². The predicted octanol–water partition coefficient (Wildman–Crippen LogP) is 4.03. The number of hydrogen-bond donors (Lipinski definition) is 0. The largest absolute Gasteiger partial charge is 0.336 e. The van der Waals surface area contributed by atoms with Crippen LogP contribution < -0.4 is 0 Å². The zero-order valence-electron chi connectivity index (χ0n) is 15.7. The quantitative estimate of drug-likeness (QED) is 0.759. The number of hydrogen-bond acceptors (Lipinski definition) is 3. The van der Waals surface area contributed by atoms with Gasteiger partial charge in [-0.15, -0.1) is 0 Å². The van der Waals surface area contributed by atoms with Crippen molar-refractivity contribution in [2.45, 2.75) is 25.8 Å². The second-order valence-electron chi connectivity index (χ2n) is 6.64. The van der Waals surface area contributed by atoms with E-state index >= 15 is 0 Å². The van der Waals surface area contributed by atoms with Crippen LogP contribution in [0.3, 0.4) is 0 Å². The third kappa shape index (κ3) is 4.22. The third-order valence-electron chi connectivity index (χ3n) is 4.71. The number of carbonyl (C=O) groups excluding carboxylic acids is 2. The van der Waals surface area contributed by atoms with Crippen molar-refractivity contribution in [3.8, 4) is 0 Å². The Bertz CT molecular complexity index is 914. The van der Waals surface area contributed by atoms with Gasteiger partial charge >= 0.3 is 0 Å². The zero-order valence-corrected chi connectivity index (χ0v) is 16.5. The lowest BCUT2D eigenvalue weighted by atomic mass is 9.98. The highest BCUT2D eigenvalue weighted by molar-refractivity contribution is 6.30. The van der Waals surface area contributed by atoms with Crippen molar-refractivity contribution >= 4 is 29.1 Å². The van der Waals surface area contributed by atoms with Gasteiger partial charge in [0.15, 0.2) is 0 Å². The van der Waals surface area contributed by atoms with E-state index in [2.05, 4.69) is 5.10 Å². The first-order valence-electron chi connectivity index (χ1n) is 9.04. The summed E-state index contributed by atoms with van der Waals surface area (Å²) in [5.41, 5.74) is 1.71. The maximum atomic E-state index is 14.3. The van der Waals surface area contributed by atoms with Crippen LogP contribution >= 0.6 is 11.6 Å². The molecule has 146 valence electrons. The van der Waals surface area contributed by atoms with Crippen LogP contribution in [0.4, 0.5) is 4.39 Å². The molecule has 1 atom stereocenters. The van der Waals surface area contributed by atoms with Gasteiger partial charge in [0.05, 0.1) is 11.8 Å². The summed E-state index contributed by atoms with van der Waals surface area (Å²) in [4.78, 5) is 26.1. The van der Waals surface area contributed by atoms with Crippen LogP contribution in [0.2, 0.25) is 5.02 Å². The Kier molecular flexibility index (Phi) is 6.09. The summed E-state index contributed by atoms with van der Waals surface area (Å²) < 4.78 is 14.3. The molecule has 0 aliphatic carbocycles. The van der Waals surface area contributed by atoms with Crippen molar-refractivity contribution in [1.82, 2.24) is 9.91 Å². The lowest BCUT2D eigenvalue weighted by molar-refractivity contribution is -0.140. The summed E-state index contributed by atoms with van der Waals surface area (Å²) in [7, 11) is 1.58. The Hall–Kier alpha value is -2.73. The molecule has 2 amide bonds. The molecule has 5 nitrogen and oxygen atoms in total. The lowest BCUT2D eigenvalue weighted by Crippen LogP contribution is -2.38. The SMILES string of the molecule is CCC(=O)N(C)CC(=O)N1N=C(c2ccccc2F)C[C@H]1c1ccc(Cl)cc1. The van der Waals surface area contributed by atoms with Gasteiger partial charge in [0.1, 0.15) is 12.4 Å². The van der Waals surface area contributed by atoms with Gasteiger partial charge in [-0.05, 0) is 23.8 Å². The normalized spacial score (nSPS) is 16.1. The molecule has 1 aliphatic rings. The molecule has 3 rings (SSSR count). The van der Waals surface area contributed by atoms with Crippen LogP contribution in [0, 0.1) is 5.82 Å². The van der Waals surface area contributed by atoms with Crippen molar-refractivity contribution in [1.29, 1.82) is 0 Å². The molecule has 0 unspecified atom stereocenters. The fourth-order valence-electron chi connectivity index (χ4n) is 3.18. The molecule has 1 aliphatic heterocycles. The molecule has 7 heteroatoms. The number of benzene rings is 2. The fourth-order valence-corrected chi connectivity index (χ4v) is 3.30. The Labute approximate surface area is 168 Å². The first-order valence-corrected chi connectivity index (χ1v) is 9.42. The maximum Gasteiger partial charge on any atom is 0.262 e. The molecule has 0 saturated carbocycles. The lowest BCUT2D eigenvalue weighted by Gasteiger charge is -2.24. The van der Waals surface area contributed by atoms with E-state index < -0.39 is 0 Å². The van der Waals surface area contributed by atoms with E-state index in [-0.39, 0.29) is 30.2 Å². The van der Waals surface area contributed by atoms with E-state index in [1.54, 1.807) is 44.3 Å². The summed E-state index contributed by atoms with van der Waals surface area (Å²) in [5, 5.41) is 6.36. The Morgan fingerprint density at radius 1 is 1.21 bits per heavy atom. The smallest absolute Gasteiger partial charge is 0.262 e. The first kappa shape index (κ1) is 20.0. The van der Waals surface area contributed by atoms with E-state index in [1.165, 1.54) is 16.0 Å². The van der Waals surface area contributed by atoms with Gasteiger partial charge in [-0.25, -0.2) is 9.40 Å². The van der Waals surface area contributed by atoms with E-state index in [4.69, 9.17) is 11.6 Å². The summed E-state index contributed by atoms with van der Waals surface area (Å²) in [5.74, 6) is -0.840. The summed E-state index contributed by atoms with van der Waals surface area (Å²) >= 11 is 5.98. The van der Waals surface area contributed by atoms with Crippen LogP contribution in [0.5, 0.6) is 0 Å². The monoisotopic (exact) mass is 401 g/mol. The number of rotatable bonds is 5. The van der Waals surface area contributed by atoms with Crippen LogP contribution in [0.15, 0.2) is 53.6 Å². The van der Waals surface area contributed by atoms with Gasteiger partial charge in [0, 0.05) is 30.5 Å². The van der Waals surface area contributed by atoms with Crippen molar-refractivity contribution in [3.63, 3.8) is 0 Å². The maximum absolute atomic E-state index is 14.3. The molecule has 2 aromatic carbocycles. The minimum absolute atomic E-state index is 0.0924. The molecule has 0 spiro atoms. The van der Waals surface area contributed by atoms with Crippen LogP contribution in [-0.4, -0.2) is 41.0 Å². The third-order valence-corrected chi connectivity index (χ3v) is 4.96.